The number of carboxylic acid groups (broad SMARTS) is 1. The van der Waals surface area contributed by atoms with Crippen LogP contribution in [0.1, 0.15) is 29.8 Å². The van der Waals surface area contributed by atoms with Crippen molar-refractivity contribution in [1.82, 2.24) is 5.32 Å². The van der Waals surface area contributed by atoms with Gasteiger partial charge in [-0.3, -0.25) is 9.59 Å². The van der Waals surface area contributed by atoms with Crippen molar-refractivity contribution in [2.75, 3.05) is 11.9 Å². The summed E-state index contributed by atoms with van der Waals surface area (Å²) in [6.45, 7) is 3.86. The first kappa shape index (κ1) is 20.9. The molecule has 27 heavy (non-hydrogen) atoms. The van der Waals surface area contributed by atoms with Crippen LogP contribution in [0.5, 0.6) is 5.75 Å². The lowest BCUT2D eigenvalue weighted by Gasteiger charge is -2.14. The molecule has 2 rings (SSSR count). The number of carboxylic acids is 1. The summed E-state index contributed by atoms with van der Waals surface area (Å²) in [5.41, 5.74) is 2.06. The Labute approximate surface area is 167 Å². The summed E-state index contributed by atoms with van der Waals surface area (Å²) in [6.07, 6.45) is 0. The Hall–Kier alpha value is -2.44. The number of amides is 1. The Morgan fingerprint density at radius 2 is 1.81 bits per heavy atom. The molecule has 0 radical (unpaired) electrons. The summed E-state index contributed by atoms with van der Waals surface area (Å²) in [4.78, 5) is 22.5. The van der Waals surface area contributed by atoms with Gasteiger partial charge in [-0.1, -0.05) is 35.3 Å². The van der Waals surface area contributed by atoms with E-state index in [0.29, 0.717) is 6.04 Å². The molecule has 8 heteroatoms. The van der Waals surface area contributed by atoms with E-state index in [0.717, 1.165) is 11.3 Å². The summed E-state index contributed by atoms with van der Waals surface area (Å²) in [5.74, 6) is -1.47. The van der Waals surface area contributed by atoms with E-state index in [4.69, 9.17) is 33.0 Å². The first-order valence-corrected chi connectivity index (χ1v) is 8.99. The number of ether oxygens (including phenoxy) is 1. The van der Waals surface area contributed by atoms with Crippen LogP contribution in [0.3, 0.4) is 0 Å². The van der Waals surface area contributed by atoms with Gasteiger partial charge in [0.25, 0.3) is 5.91 Å². The second kappa shape index (κ2) is 9.48. The molecule has 0 aliphatic heterocycles. The van der Waals surface area contributed by atoms with Gasteiger partial charge in [0.05, 0.1) is 10.0 Å². The first-order chi connectivity index (χ1) is 12.8. The zero-order valence-electron chi connectivity index (χ0n) is 14.9. The SMILES string of the molecule is CC(C)Nc1cccc(COc2c(Cl)cc(C(=O)NCC(=O)O)cc2Cl)c1. The van der Waals surface area contributed by atoms with E-state index in [2.05, 4.69) is 24.5 Å². The van der Waals surface area contributed by atoms with Gasteiger partial charge in [0.2, 0.25) is 0 Å². The first-order valence-electron chi connectivity index (χ1n) is 8.23. The van der Waals surface area contributed by atoms with E-state index in [1.165, 1.54) is 12.1 Å². The number of hydrogen-bond donors (Lipinski definition) is 3. The summed E-state index contributed by atoms with van der Waals surface area (Å²) >= 11 is 12.4. The van der Waals surface area contributed by atoms with E-state index >= 15 is 0 Å². The molecule has 0 aliphatic rings. The fraction of sp³-hybridized carbons (Fsp3) is 0.263. The number of rotatable bonds is 8. The largest absolute Gasteiger partial charge is 0.486 e. The van der Waals surface area contributed by atoms with E-state index in [-0.39, 0.29) is 28.0 Å². The van der Waals surface area contributed by atoms with Crippen LogP contribution in [0.2, 0.25) is 10.0 Å². The van der Waals surface area contributed by atoms with Gasteiger partial charge in [0.15, 0.2) is 5.75 Å². The summed E-state index contributed by atoms with van der Waals surface area (Å²) in [6, 6.07) is 10.9. The molecule has 0 bridgehead atoms. The lowest BCUT2D eigenvalue weighted by molar-refractivity contribution is -0.135. The van der Waals surface area contributed by atoms with Crippen LogP contribution in [0, 0.1) is 0 Å². The molecule has 1 amide bonds. The second-order valence-electron chi connectivity index (χ2n) is 6.13. The maximum atomic E-state index is 11.9. The molecule has 0 saturated carbocycles. The number of anilines is 1. The summed E-state index contributed by atoms with van der Waals surface area (Å²) in [5, 5.41) is 14.5. The molecule has 0 aliphatic carbocycles. The zero-order valence-corrected chi connectivity index (χ0v) is 16.4. The quantitative estimate of drug-likeness (QED) is 0.606. The van der Waals surface area contributed by atoms with Crippen molar-refractivity contribution in [3.63, 3.8) is 0 Å². The van der Waals surface area contributed by atoms with Gasteiger partial charge >= 0.3 is 5.97 Å². The van der Waals surface area contributed by atoms with E-state index in [1.54, 1.807) is 0 Å². The van der Waals surface area contributed by atoms with E-state index < -0.39 is 18.4 Å². The Kier molecular flexibility index (Phi) is 7.33. The molecule has 144 valence electrons. The molecule has 2 aromatic carbocycles. The van der Waals surface area contributed by atoms with Crippen LogP contribution in [0.4, 0.5) is 5.69 Å². The number of hydrogen-bond acceptors (Lipinski definition) is 4. The van der Waals surface area contributed by atoms with Crippen molar-refractivity contribution in [2.24, 2.45) is 0 Å². The normalized spacial score (nSPS) is 10.6. The van der Waals surface area contributed by atoms with Gasteiger partial charge in [-0.2, -0.15) is 0 Å². The maximum absolute atomic E-state index is 11.9. The minimum atomic E-state index is -1.14. The number of halogens is 2. The number of nitrogens with one attached hydrogen (secondary N) is 2. The molecule has 0 unspecified atom stereocenters. The minimum Gasteiger partial charge on any atom is -0.486 e. The Morgan fingerprint density at radius 3 is 2.41 bits per heavy atom. The standard InChI is InChI=1S/C19H20Cl2N2O4/c1-11(2)23-14-5-3-4-12(6-14)10-27-18-15(20)7-13(8-16(18)21)19(26)22-9-17(24)25/h3-8,11,23H,9-10H2,1-2H3,(H,22,26)(H,24,25). The molecular formula is C19H20Cl2N2O4. The summed E-state index contributed by atoms with van der Waals surface area (Å²) in [7, 11) is 0. The molecule has 0 aromatic heterocycles. The highest BCUT2D eigenvalue weighted by atomic mass is 35.5. The number of benzene rings is 2. The lowest BCUT2D eigenvalue weighted by atomic mass is 10.2. The number of carbonyl (C=O) groups is 2. The molecule has 0 saturated heterocycles. The van der Waals surface area contributed by atoms with Gasteiger partial charge in [-0.15, -0.1) is 0 Å². The average molecular weight is 411 g/mol. The minimum absolute atomic E-state index is 0.154. The molecule has 0 heterocycles. The fourth-order valence-electron chi connectivity index (χ4n) is 2.33. The third-order valence-corrected chi connectivity index (χ3v) is 3.99. The van der Waals surface area contributed by atoms with Gasteiger partial charge in [-0.25, -0.2) is 0 Å². The van der Waals surface area contributed by atoms with Crippen molar-refractivity contribution in [2.45, 2.75) is 26.5 Å². The van der Waals surface area contributed by atoms with Crippen molar-refractivity contribution < 1.29 is 19.4 Å². The van der Waals surface area contributed by atoms with Gasteiger partial charge in [-0.05, 0) is 43.7 Å². The zero-order chi connectivity index (χ0) is 20.0. The Bertz CT molecular complexity index is 817. The van der Waals surface area contributed by atoms with E-state index in [1.807, 2.05) is 24.3 Å². The van der Waals surface area contributed by atoms with Crippen LogP contribution < -0.4 is 15.4 Å². The molecule has 3 N–H and O–H groups in total. The fourth-order valence-corrected chi connectivity index (χ4v) is 2.92. The van der Waals surface area contributed by atoms with Crippen LogP contribution in [0.15, 0.2) is 36.4 Å². The molecule has 0 spiro atoms. The van der Waals surface area contributed by atoms with Gasteiger partial charge < -0.3 is 20.5 Å². The molecule has 6 nitrogen and oxygen atoms in total. The van der Waals surface area contributed by atoms with Crippen LogP contribution in [0.25, 0.3) is 0 Å². The Morgan fingerprint density at radius 1 is 1.15 bits per heavy atom. The maximum Gasteiger partial charge on any atom is 0.322 e. The molecule has 2 aromatic rings. The highest BCUT2D eigenvalue weighted by molar-refractivity contribution is 6.37. The van der Waals surface area contributed by atoms with Gasteiger partial charge in [0, 0.05) is 17.3 Å². The second-order valence-corrected chi connectivity index (χ2v) is 6.95. The average Bonchev–Trinajstić information content (AvgIpc) is 2.58. The van der Waals surface area contributed by atoms with Crippen molar-refractivity contribution in [3.8, 4) is 5.75 Å². The third-order valence-electron chi connectivity index (χ3n) is 3.43. The smallest absolute Gasteiger partial charge is 0.322 e. The highest BCUT2D eigenvalue weighted by Gasteiger charge is 2.15. The van der Waals surface area contributed by atoms with Gasteiger partial charge in [0.1, 0.15) is 13.2 Å². The summed E-state index contributed by atoms with van der Waals surface area (Å²) < 4.78 is 5.73. The predicted octanol–water partition coefficient (Wildman–Crippen LogP) is 4.21. The van der Waals surface area contributed by atoms with Crippen LogP contribution in [-0.4, -0.2) is 29.6 Å². The van der Waals surface area contributed by atoms with Crippen molar-refractivity contribution in [3.05, 3.63) is 57.6 Å². The number of aliphatic carboxylic acids is 1. The van der Waals surface area contributed by atoms with Crippen molar-refractivity contribution >= 4 is 40.8 Å². The topological polar surface area (TPSA) is 87.7 Å². The molecular weight excluding hydrogens is 391 g/mol. The lowest BCUT2D eigenvalue weighted by Crippen LogP contribution is -2.29. The van der Waals surface area contributed by atoms with Crippen LogP contribution >= 0.6 is 23.2 Å². The molecule has 0 fully saturated rings. The van der Waals surface area contributed by atoms with Crippen LogP contribution in [-0.2, 0) is 11.4 Å². The molecule has 0 atom stereocenters. The monoisotopic (exact) mass is 410 g/mol. The van der Waals surface area contributed by atoms with Crippen molar-refractivity contribution in [1.29, 1.82) is 0 Å². The van der Waals surface area contributed by atoms with E-state index in [9.17, 15) is 9.59 Å². The predicted molar refractivity (Wildman–Crippen MR) is 106 cm³/mol. The number of carbonyl (C=O) groups excluding carboxylic acids is 1. The Balaban J connectivity index is 2.09. The highest BCUT2D eigenvalue weighted by Crippen LogP contribution is 2.35. The third kappa shape index (κ3) is 6.34.